The molecule has 1 aromatic heterocycles. The molecule has 39 heavy (non-hydrogen) atoms. The first-order valence-corrected chi connectivity index (χ1v) is 12.9. The Kier molecular flexibility index (Phi) is 8.18. The van der Waals surface area contributed by atoms with Gasteiger partial charge >= 0.3 is 18.0 Å². The van der Waals surface area contributed by atoms with Crippen LogP contribution in [0.1, 0.15) is 51.5 Å². The van der Waals surface area contributed by atoms with Crippen molar-refractivity contribution in [2.24, 2.45) is 5.92 Å². The zero-order valence-corrected chi connectivity index (χ0v) is 21.7. The van der Waals surface area contributed by atoms with Crippen LogP contribution in [-0.4, -0.2) is 46.4 Å². The van der Waals surface area contributed by atoms with Crippen molar-refractivity contribution in [1.82, 2.24) is 20.1 Å². The Bertz CT molecular complexity index is 1240. The molecule has 2 N–H and O–H groups in total. The van der Waals surface area contributed by atoms with E-state index in [2.05, 4.69) is 15.5 Å². The van der Waals surface area contributed by atoms with Crippen LogP contribution in [0.25, 0.3) is 0 Å². The van der Waals surface area contributed by atoms with Gasteiger partial charge in [0.15, 0.2) is 0 Å². The van der Waals surface area contributed by atoms with Gasteiger partial charge in [0.05, 0.1) is 35.3 Å². The van der Waals surface area contributed by atoms with E-state index in [0.717, 1.165) is 18.1 Å². The van der Waals surface area contributed by atoms with Crippen LogP contribution in [0.3, 0.4) is 0 Å². The Labute approximate surface area is 222 Å². The normalized spacial score (nSPS) is 27.1. The summed E-state index contributed by atoms with van der Waals surface area (Å²) in [4.78, 5) is 12.4. The first kappa shape index (κ1) is 29.1. The van der Waals surface area contributed by atoms with Crippen LogP contribution in [0.15, 0.2) is 64.8 Å². The van der Waals surface area contributed by atoms with Gasteiger partial charge in [0.2, 0.25) is 0 Å². The Morgan fingerprint density at radius 2 is 1.87 bits per heavy atom. The van der Waals surface area contributed by atoms with Crippen molar-refractivity contribution in [2.45, 2.75) is 75.5 Å². The average molecular weight is 559 g/mol. The van der Waals surface area contributed by atoms with E-state index in [1.165, 1.54) is 13.3 Å². The summed E-state index contributed by atoms with van der Waals surface area (Å²) in [6.45, 7) is 3.91. The minimum atomic E-state index is -4.90. The van der Waals surface area contributed by atoms with E-state index in [1.54, 1.807) is 4.57 Å². The SMILES string of the molecule is CCC[C@]1(n2cn[nH]c2=O)CC[C@@](CO[C@H](C)C2=CC(C(F)(F)F)=CC(C(F)(F)F)C2)(c2ccccc2)NC1. The molecule has 0 radical (unpaired) electrons. The van der Waals surface area contributed by atoms with Crippen molar-refractivity contribution >= 4 is 0 Å². The maximum absolute atomic E-state index is 13.5. The van der Waals surface area contributed by atoms with Crippen LogP contribution in [0.5, 0.6) is 0 Å². The van der Waals surface area contributed by atoms with E-state index in [-0.39, 0.29) is 23.9 Å². The molecule has 0 amide bonds. The van der Waals surface area contributed by atoms with Crippen molar-refractivity contribution in [3.05, 3.63) is 76.0 Å². The lowest BCUT2D eigenvalue weighted by atomic mass is 9.74. The molecule has 1 aromatic carbocycles. The summed E-state index contributed by atoms with van der Waals surface area (Å²) >= 11 is 0. The second-order valence-corrected chi connectivity index (χ2v) is 10.5. The molecule has 6 nitrogen and oxygen atoms in total. The number of rotatable bonds is 8. The smallest absolute Gasteiger partial charge is 0.372 e. The monoisotopic (exact) mass is 558 g/mol. The fourth-order valence-corrected chi connectivity index (χ4v) is 5.64. The van der Waals surface area contributed by atoms with Gasteiger partial charge in [-0.25, -0.2) is 9.89 Å². The van der Waals surface area contributed by atoms with Crippen molar-refractivity contribution in [2.75, 3.05) is 13.2 Å². The van der Waals surface area contributed by atoms with Gasteiger partial charge in [0, 0.05) is 6.54 Å². The third-order valence-corrected chi connectivity index (χ3v) is 7.90. The summed E-state index contributed by atoms with van der Waals surface area (Å²) in [7, 11) is 0. The van der Waals surface area contributed by atoms with Crippen molar-refractivity contribution in [3.63, 3.8) is 0 Å². The standard InChI is InChI=1S/C27H32F6N4O2/c1-3-9-24(37-17-35-36-23(37)38)10-11-25(34-15-24,20-7-5-4-6-8-20)16-39-18(2)19-12-21(26(28,29)30)14-22(13-19)27(31,32)33/h4-8,12,14,17-18,22,34H,3,9-11,13,15-16H2,1-2H3,(H,36,38)/t18-,22?,24+,25-/m1/s1. The van der Waals surface area contributed by atoms with Gasteiger partial charge < -0.3 is 10.1 Å². The number of allylic oxidation sites excluding steroid dienone is 3. The largest absolute Gasteiger partial charge is 0.416 e. The number of H-pyrrole nitrogens is 1. The molecule has 2 heterocycles. The molecule has 0 bridgehead atoms. The molecule has 0 spiro atoms. The van der Waals surface area contributed by atoms with Gasteiger partial charge in [-0.3, -0.25) is 4.57 Å². The minimum absolute atomic E-state index is 0.0137. The molecule has 4 atom stereocenters. The van der Waals surface area contributed by atoms with Gasteiger partial charge in [-0.05, 0) is 49.8 Å². The van der Waals surface area contributed by atoms with E-state index in [0.29, 0.717) is 25.8 Å². The number of ether oxygens (including phenoxy) is 1. The number of piperidine rings is 1. The number of halogens is 6. The van der Waals surface area contributed by atoms with Crippen molar-refractivity contribution in [3.8, 4) is 0 Å². The van der Waals surface area contributed by atoms with Gasteiger partial charge in [-0.2, -0.15) is 31.4 Å². The molecule has 214 valence electrons. The van der Waals surface area contributed by atoms with Crippen LogP contribution in [-0.2, 0) is 15.8 Å². The third-order valence-electron chi connectivity index (χ3n) is 7.90. The predicted molar refractivity (Wildman–Crippen MR) is 133 cm³/mol. The molecular weight excluding hydrogens is 526 g/mol. The average Bonchev–Trinajstić information content (AvgIpc) is 3.34. The zero-order valence-electron chi connectivity index (χ0n) is 21.7. The first-order valence-electron chi connectivity index (χ1n) is 12.9. The lowest BCUT2D eigenvalue weighted by Gasteiger charge is -2.48. The second kappa shape index (κ2) is 11.0. The van der Waals surface area contributed by atoms with Crippen LogP contribution >= 0.6 is 0 Å². The first-order chi connectivity index (χ1) is 18.3. The molecule has 12 heteroatoms. The number of benzene rings is 1. The summed E-state index contributed by atoms with van der Waals surface area (Å²) in [5, 5.41) is 9.87. The summed E-state index contributed by atoms with van der Waals surface area (Å²) in [5.41, 5.74) is -2.12. The number of hydrogen-bond acceptors (Lipinski definition) is 4. The van der Waals surface area contributed by atoms with Gasteiger partial charge in [0.1, 0.15) is 6.33 Å². The highest BCUT2D eigenvalue weighted by molar-refractivity contribution is 5.35. The summed E-state index contributed by atoms with van der Waals surface area (Å²) in [5.74, 6) is -2.24. The van der Waals surface area contributed by atoms with E-state index in [9.17, 15) is 31.1 Å². The molecule has 1 aliphatic heterocycles. The van der Waals surface area contributed by atoms with E-state index in [4.69, 9.17) is 4.74 Å². The van der Waals surface area contributed by atoms with Gasteiger partial charge in [-0.1, -0.05) is 49.8 Å². The Balaban J connectivity index is 1.58. The number of aromatic amines is 1. The fourth-order valence-electron chi connectivity index (χ4n) is 5.64. The fraction of sp³-hybridized carbons (Fsp3) is 0.556. The lowest BCUT2D eigenvalue weighted by molar-refractivity contribution is -0.163. The maximum atomic E-state index is 13.5. The molecule has 1 unspecified atom stereocenters. The summed E-state index contributed by atoms with van der Waals surface area (Å²) in [6, 6.07) is 9.37. The quantitative estimate of drug-likeness (QED) is 0.405. The number of hydrogen-bond donors (Lipinski definition) is 2. The third kappa shape index (κ3) is 6.16. The van der Waals surface area contributed by atoms with Crippen LogP contribution in [0.2, 0.25) is 0 Å². The van der Waals surface area contributed by atoms with E-state index < -0.39 is 47.4 Å². The van der Waals surface area contributed by atoms with Gasteiger partial charge in [0.25, 0.3) is 0 Å². The molecule has 4 rings (SSSR count). The Morgan fingerprint density at radius 1 is 1.15 bits per heavy atom. The molecule has 1 fully saturated rings. The molecular formula is C27H32F6N4O2. The molecule has 2 aliphatic rings. The molecule has 2 aromatic rings. The van der Waals surface area contributed by atoms with E-state index >= 15 is 0 Å². The van der Waals surface area contributed by atoms with Crippen molar-refractivity contribution in [1.29, 1.82) is 0 Å². The minimum Gasteiger partial charge on any atom is -0.372 e. The topological polar surface area (TPSA) is 71.9 Å². The number of nitrogens with one attached hydrogen (secondary N) is 2. The van der Waals surface area contributed by atoms with Crippen LogP contribution < -0.4 is 11.0 Å². The highest BCUT2D eigenvalue weighted by atomic mass is 19.4. The van der Waals surface area contributed by atoms with Crippen molar-refractivity contribution < 1.29 is 31.1 Å². The number of nitrogens with zero attached hydrogens (tertiary/aromatic N) is 2. The Morgan fingerprint density at radius 3 is 2.41 bits per heavy atom. The highest BCUT2D eigenvalue weighted by Crippen LogP contribution is 2.43. The second-order valence-electron chi connectivity index (χ2n) is 10.5. The molecule has 0 saturated carbocycles. The van der Waals surface area contributed by atoms with Gasteiger partial charge in [-0.15, -0.1) is 0 Å². The van der Waals surface area contributed by atoms with Crippen LogP contribution in [0, 0.1) is 5.92 Å². The molecule has 1 aliphatic carbocycles. The zero-order chi connectivity index (χ0) is 28.5. The summed E-state index contributed by atoms with van der Waals surface area (Å²) < 4.78 is 88.3. The van der Waals surface area contributed by atoms with Crippen LogP contribution in [0.4, 0.5) is 26.3 Å². The highest BCUT2D eigenvalue weighted by Gasteiger charge is 2.47. The molecule has 1 saturated heterocycles. The van der Waals surface area contributed by atoms with E-state index in [1.807, 2.05) is 37.3 Å². The number of aromatic nitrogens is 3. The number of alkyl halides is 6. The Hall–Kier alpha value is -2.86. The maximum Gasteiger partial charge on any atom is 0.416 e. The predicted octanol–water partition coefficient (Wildman–Crippen LogP) is 5.75. The summed E-state index contributed by atoms with van der Waals surface area (Å²) in [6.07, 6.45) is -6.18. The lowest BCUT2D eigenvalue weighted by Crippen LogP contribution is -2.60.